The van der Waals surface area contributed by atoms with Gasteiger partial charge in [-0.05, 0) is 47.9 Å². The number of benzene rings is 2. The summed E-state index contributed by atoms with van der Waals surface area (Å²) in [6.45, 7) is 1.92. The van der Waals surface area contributed by atoms with Gasteiger partial charge in [0.05, 0.1) is 11.7 Å². The summed E-state index contributed by atoms with van der Waals surface area (Å²) in [5.74, 6) is -0.136. The Morgan fingerprint density at radius 1 is 0.960 bits per heavy atom. The van der Waals surface area contributed by atoms with Gasteiger partial charge in [-0.3, -0.25) is 9.78 Å². The summed E-state index contributed by atoms with van der Waals surface area (Å²) < 4.78 is 0. The van der Waals surface area contributed by atoms with Crippen LogP contribution in [0.1, 0.15) is 24.2 Å². The van der Waals surface area contributed by atoms with Crippen molar-refractivity contribution in [3.63, 3.8) is 0 Å². The molecule has 0 radical (unpaired) electrons. The molecule has 0 fully saturated rings. The molecule has 3 heteroatoms. The molecule has 1 atom stereocenters. The van der Waals surface area contributed by atoms with Gasteiger partial charge in [-0.15, -0.1) is 0 Å². The second kappa shape index (κ2) is 8.06. The molecule has 1 amide bonds. The largest absolute Gasteiger partial charge is 0.344 e. The van der Waals surface area contributed by atoms with Crippen molar-refractivity contribution in [3.8, 4) is 11.1 Å². The van der Waals surface area contributed by atoms with Crippen molar-refractivity contribution in [2.24, 2.45) is 0 Å². The van der Waals surface area contributed by atoms with E-state index in [0.29, 0.717) is 0 Å². The number of rotatable bonds is 5. The molecule has 2 aromatic carbocycles. The summed E-state index contributed by atoms with van der Waals surface area (Å²) in [5.41, 5.74) is 4.12. The Morgan fingerprint density at radius 2 is 1.72 bits per heavy atom. The van der Waals surface area contributed by atoms with E-state index in [4.69, 9.17) is 0 Å². The number of carbonyl (C=O) groups excluding carboxylic acids is 1. The smallest absolute Gasteiger partial charge is 0.244 e. The molecular weight excluding hydrogens is 308 g/mol. The summed E-state index contributed by atoms with van der Waals surface area (Å²) in [5, 5.41) is 2.92. The van der Waals surface area contributed by atoms with Gasteiger partial charge in [0.2, 0.25) is 5.91 Å². The summed E-state index contributed by atoms with van der Waals surface area (Å²) in [6, 6.07) is 23.8. The first kappa shape index (κ1) is 16.7. The molecule has 1 N–H and O–H groups in total. The summed E-state index contributed by atoms with van der Waals surface area (Å²) in [7, 11) is 0. The Bertz CT molecular complexity index is 857. The van der Waals surface area contributed by atoms with E-state index < -0.39 is 0 Å². The Labute approximate surface area is 148 Å². The van der Waals surface area contributed by atoms with Crippen molar-refractivity contribution in [3.05, 3.63) is 96.3 Å². The van der Waals surface area contributed by atoms with Crippen LogP contribution in [-0.4, -0.2) is 10.9 Å². The zero-order valence-electron chi connectivity index (χ0n) is 14.1. The van der Waals surface area contributed by atoms with Crippen molar-refractivity contribution in [2.75, 3.05) is 0 Å². The highest BCUT2D eigenvalue weighted by Gasteiger charge is 2.07. The molecule has 1 heterocycles. The molecule has 3 nitrogen and oxygen atoms in total. The van der Waals surface area contributed by atoms with Gasteiger partial charge in [0.25, 0.3) is 0 Å². The van der Waals surface area contributed by atoms with Crippen molar-refractivity contribution < 1.29 is 4.79 Å². The van der Waals surface area contributed by atoms with E-state index in [1.54, 1.807) is 12.3 Å². The average molecular weight is 328 g/mol. The van der Waals surface area contributed by atoms with Crippen LogP contribution in [0.25, 0.3) is 17.2 Å². The number of pyridine rings is 1. The summed E-state index contributed by atoms with van der Waals surface area (Å²) in [4.78, 5) is 16.4. The van der Waals surface area contributed by atoms with Gasteiger partial charge in [0.15, 0.2) is 0 Å². The lowest BCUT2D eigenvalue weighted by Gasteiger charge is -2.11. The average Bonchev–Trinajstić information content (AvgIpc) is 2.68. The van der Waals surface area contributed by atoms with Crippen LogP contribution in [0.5, 0.6) is 0 Å². The van der Waals surface area contributed by atoms with Crippen LogP contribution in [0.3, 0.4) is 0 Å². The molecule has 0 saturated heterocycles. The second-order valence-corrected chi connectivity index (χ2v) is 5.81. The van der Waals surface area contributed by atoms with Gasteiger partial charge in [-0.25, -0.2) is 0 Å². The first-order valence-electron chi connectivity index (χ1n) is 8.27. The Kier molecular flexibility index (Phi) is 5.37. The molecule has 0 spiro atoms. The SMILES string of the molecule is C[C@@H](NC(=O)/C=C/c1cccc(-c2ccccc2)c1)c1ccccn1. The quantitative estimate of drug-likeness (QED) is 0.693. The van der Waals surface area contributed by atoms with Gasteiger partial charge >= 0.3 is 0 Å². The third kappa shape index (κ3) is 4.64. The molecule has 0 saturated carbocycles. The van der Waals surface area contributed by atoms with E-state index in [0.717, 1.165) is 22.4 Å². The van der Waals surface area contributed by atoms with E-state index in [-0.39, 0.29) is 11.9 Å². The number of amides is 1. The van der Waals surface area contributed by atoms with Crippen LogP contribution in [0, 0.1) is 0 Å². The first-order valence-corrected chi connectivity index (χ1v) is 8.27. The maximum absolute atomic E-state index is 12.1. The normalized spacial score (nSPS) is 12.0. The third-order valence-corrected chi connectivity index (χ3v) is 3.91. The topological polar surface area (TPSA) is 42.0 Å². The van der Waals surface area contributed by atoms with Crippen molar-refractivity contribution in [2.45, 2.75) is 13.0 Å². The van der Waals surface area contributed by atoms with Crippen molar-refractivity contribution in [1.29, 1.82) is 0 Å². The first-order chi connectivity index (χ1) is 12.2. The standard InChI is InChI=1S/C22H20N2O/c1-17(21-12-5-6-15-23-21)24-22(25)14-13-18-8-7-11-20(16-18)19-9-3-2-4-10-19/h2-17H,1H3,(H,24,25)/b14-13+/t17-/m1/s1. The molecule has 0 aliphatic carbocycles. The number of hydrogen-bond acceptors (Lipinski definition) is 2. The van der Waals surface area contributed by atoms with E-state index >= 15 is 0 Å². The molecular formula is C22H20N2O. The van der Waals surface area contributed by atoms with Crippen molar-refractivity contribution >= 4 is 12.0 Å². The molecule has 1 aromatic heterocycles. The summed E-state index contributed by atoms with van der Waals surface area (Å²) >= 11 is 0. The lowest BCUT2D eigenvalue weighted by molar-refractivity contribution is -0.117. The minimum Gasteiger partial charge on any atom is -0.344 e. The predicted molar refractivity (Wildman–Crippen MR) is 102 cm³/mol. The predicted octanol–water partition coefficient (Wildman–Crippen LogP) is 4.64. The fourth-order valence-corrected chi connectivity index (χ4v) is 2.59. The second-order valence-electron chi connectivity index (χ2n) is 5.81. The Balaban J connectivity index is 1.67. The third-order valence-electron chi connectivity index (χ3n) is 3.91. The minimum atomic E-state index is -0.136. The number of nitrogens with zero attached hydrogens (tertiary/aromatic N) is 1. The molecule has 0 unspecified atom stereocenters. The lowest BCUT2D eigenvalue weighted by atomic mass is 10.0. The van der Waals surface area contributed by atoms with E-state index in [9.17, 15) is 4.79 Å². The van der Waals surface area contributed by atoms with E-state index in [1.807, 2.05) is 61.5 Å². The van der Waals surface area contributed by atoms with Crippen LogP contribution >= 0.6 is 0 Å². The highest BCUT2D eigenvalue weighted by Crippen LogP contribution is 2.20. The van der Waals surface area contributed by atoms with Crippen molar-refractivity contribution in [1.82, 2.24) is 10.3 Å². The monoisotopic (exact) mass is 328 g/mol. The fourth-order valence-electron chi connectivity index (χ4n) is 2.59. The molecule has 3 aromatic rings. The van der Waals surface area contributed by atoms with Gasteiger partial charge in [0.1, 0.15) is 0 Å². The van der Waals surface area contributed by atoms with Crippen LogP contribution in [0.4, 0.5) is 0 Å². The molecule has 25 heavy (non-hydrogen) atoms. The number of nitrogens with one attached hydrogen (secondary N) is 1. The van der Waals surface area contributed by atoms with Crippen LogP contribution in [-0.2, 0) is 4.79 Å². The Morgan fingerprint density at radius 3 is 2.48 bits per heavy atom. The van der Waals surface area contributed by atoms with Gasteiger partial charge in [0, 0.05) is 12.3 Å². The van der Waals surface area contributed by atoms with E-state index in [2.05, 4.69) is 34.6 Å². The molecule has 124 valence electrons. The minimum absolute atomic E-state index is 0.131. The number of hydrogen-bond donors (Lipinski definition) is 1. The molecule has 3 rings (SSSR count). The van der Waals surface area contributed by atoms with Crippen LogP contribution < -0.4 is 5.32 Å². The highest BCUT2D eigenvalue weighted by molar-refractivity contribution is 5.92. The van der Waals surface area contributed by atoms with E-state index in [1.165, 1.54) is 0 Å². The zero-order valence-corrected chi connectivity index (χ0v) is 14.1. The maximum Gasteiger partial charge on any atom is 0.244 e. The zero-order chi connectivity index (χ0) is 17.5. The number of aromatic nitrogens is 1. The molecule has 0 aliphatic rings. The van der Waals surface area contributed by atoms with Gasteiger partial charge < -0.3 is 5.32 Å². The molecule has 0 bridgehead atoms. The number of carbonyl (C=O) groups is 1. The lowest BCUT2D eigenvalue weighted by Crippen LogP contribution is -2.25. The van der Waals surface area contributed by atoms with Crippen LogP contribution in [0.15, 0.2) is 85.1 Å². The molecule has 0 aliphatic heterocycles. The maximum atomic E-state index is 12.1. The Hall–Kier alpha value is -3.20. The van der Waals surface area contributed by atoms with Gasteiger partial charge in [-0.1, -0.05) is 54.6 Å². The van der Waals surface area contributed by atoms with Crippen LogP contribution in [0.2, 0.25) is 0 Å². The van der Waals surface area contributed by atoms with Gasteiger partial charge in [-0.2, -0.15) is 0 Å². The fraction of sp³-hybridized carbons (Fsp3) is 0.0909. The summed E-state index contributed by atoms with van der Waals surface area (Å²) in [6.07, 6.45) is 5.11. The highest BCUT2D eigenvalue weighted by atomic mass is 16.1.